The average Bonchev–Trinajstić information content (AvgIpc) is 2.77. The van der Waals surface area contributed by atoms with E-state index >= 15 is 0 Å². The normalized spacial score (nSPS) is 12.6. The predicted molar refractivity (Wildman–Crippen MR) is 68.0 cm³/mol. The molecule has 1 heterocycles. The summed E-state index contributed by atoms with van der Waals surface area (Å²) < 4.78 is 1.80. The smallest absolute Gasteiger partial charge is 0.0996 e. The molecule has 0 bridgehead atoms. The molecular weight excluding hydrogens is 236 g/mol. The van der Waals surface area contributed by atoms with Crippen LogP contribution in [0.4, 0.5) is 0 Å². The number of halogens is 1. The molecule has 1 aromatic heterocycles. The highest BCUT2D eigenvalue weighted by Gasteiger charge is 2.13. The van der Waals surface area contributed by atoms with Crippen molar-refractivity contribution >= 4 is 11.6 Å². The molecule has 1 atom stereocenters. The molecule has 0 saturated heterocycles. The van der Waals surface area contributed by atoms with Crippen LogP contribution in [0.1, 0.15) is 24.3 Å². The zero-order valence-corrected chi connectivity index (χ0v) is 10.4. The fraction of sp³-hybridized carbons (Fsp3) is 0.308. The molecule has 4 heteroatoms. The third kappa shape index (κ3) is 2.87. The van der Waals surface area contributed by atoms with E-state index in [1.807, 2.05) is 37.3 Å². The van der Waals surface area contributed by atoms with E-state index in [1.165, 1.54) is 0 Å². The number of hydrogen-bond acceptors (Lipinski definition) is 2. The number of benzene rings is 1. The number of aliphatic hydroxyl groups excluding tert-OH is 1. The van der Waals surface area contributed by atoms with Crippen molar-refractivity contribution in [1.29, 1.82) is 0 Å². The molecule has 2 aromatic rings. The minimum atomic E-state index is -0.545. The maximum atomic E-state index is 10.2. The molecule has 0 fully saturated rings. The lowest BCUT2D eigenvalue weighted by Crippen LogP contribution is -2.10. The molecule has 0 aliphatic rings. The number of aromatic nitrogens is 2. The maximum Gasteiger partial charge on any atom is 0.0996 e. The molecule has 0 aliphatic carbocycles. The molecule has 0 radical (unpaired) electrons. The van der Waals surface area contributed by atoms with Gasteiger partial charge in [0.1, 0.15) is 0 Å². The first-order valence-corrected chi connectivity index (χ1v) is 6.02. The van der Waals surface area contributed by atoms with Crippen LogP contribution in [0.2, 0.25) is 5.02 Å². The van der Waals surface area contributed by atoms with E-state index in [0.29, 0.717) is 11.4 Å². The van der Waals surface area contributed by atoms with E-state index < -0.39 is 6.10 Å². The van der Waals surface area contributed by atoms with Crippen molar-refractivity contribution < 1.29 is 5.11 Å². The van der Waals surface area contributed by atoms with Crippen molar-refractivity contribution in [3.63, 3.8) is 0 Å². The Balaban J connectivity index is 2.14. The first-order valence-electron chi connectivity index (χ1n) is 5.65. The van der Waals surface area contributed by atoms with Crippen LogP contribution in [-0.4, -0.2) is 14.9 Å². The highest BCUT2D eigenvalue weighted by atomic mass is 35.5. The standard InChI is InChI=1S/C13H15ClN2O/c1-2-16-12(6-7-15-16)13(17)9-10-4-3-5-11(14)8-10/h3-8,13,17H,2,9H2,1H3. The number of rotatable bonds is 4. The number of aryl methyl sites for hydroxylation is 1. The zero-order chi connectivity index (χ0) is 12.3. The fourth-order valence-electron chi connectivity index (χ4n) is 1.88. The highest BCUT2D eigenvalue weighted by Crippen LogP contribution is 2.20. The SMILES string of the molecule is CCn1nccc1C(O)Cc1cccc(Cl)c1. The Kier molecular flexibility index (Phi) is 3.82. The van der Waals surface area contributed by atoms with Crippen LogP contribution in [0, 0.1) is 0 Å². The van der Waals surface area contributed by atoms with Gasteiger partial charge in [-0.3, -0.25) is 4.68 Å². The van der Waals surface area contributed by atoms with Crippen LogP contribution >= 0.6 is 11.6 Å². The second-order valence-electron chi connectivity index (χ2n) is 3.92. The van der Waals surface area contributed by atoms with Crippen molar-refractivity contribution in [2.75, 3.05) is 0 Å². The lowest BCUT2D eigenvalue weighted by molar-refractivity contribution is 0.167. The van der Waals surface area contributed by atoms with Gasteiger partial charge < -0.3 is 5.11 Å². The van der Waals surface area contributed by atoms with Gasteiger partial charge in [-0.25, -0.2) is 0 Å². The molecule has 0 aliphatic heterocycles. The van der Waals surface area contributed by atoms with Gasteiger partial charge in [0.2, 0.25) is 0 Å². The molecule has 90 valence electrons. The summed E-state index contributed by atoms with van der Waals surface area (Å²) in [5.41, 5.74) is 1.86. The lowest BCUT2D eigenvalue weighted by Gasteiger charge is -2.12. The van der Waals surface area contributed by atoms with Gasteiger partial charge in [0.15, 0.2) is 0 Å². The molecule has 3 nitrogen and oxygen atoms in total. The summed E-state index contributed by atoms with van der Waals surface area (Å²) in [6.45, 7) is 2.76. The third-order valence-electron chi connectivity index (χ3n) is 2.71. The minimum Gasteiger partial charge on any atom is -0.386 e. The summed E-state index contributed by atoms with van der Waals surface area (Å²) >= 11 is 5.91. The Labute approximate surface area is 106 Å². The summed E-state index contributed by atoms with van der Waals surface area (Å²) in [7, 11) is 0. The van der Waals surface area contributed by atoms with Crippen LogP contribution < -0.4 is 0 Å². The molecule has 17 heavy (non-hydrogen) atoms. The molecular formula is C13H15ClN2O. The van der Waals surface area contributed by atoms with Crippen LogP contribution in [0.5, 0.6) is 0 Å². The van der Waals surface area contributed by atoms with Gasteiger partial charge in [-0.1, -0.05) is 23.7 Å². The van der Waals surface area contributed by atoms with Gasteiger partial charge in [-0.05, 0) is 30.7 Å². The van der Waals surface area contributed by atoms with Gasteiger partial charge in [0.05, 0.1) is 11.8 Å². The lowest BCUT2D eigenvalue weighted by atomic mass is 10.1. The average molecular weight is 251 g/mol. The van der Waals surface area contributed by atoms with Gasteiger partial charge >= 0.3 is 0 Å². The van der Waals surface area contributed by atoms with Gasteiger partial charge in [-0.2, -0.15) is 5.10 Å². The molecule has 2 rings (SSSR count). The summed E-state index contributed by atoms with van der Waals surface area (Å²) in [6.07, 6.45) is 1.71. The Morgan fingerprint density at radius 2 is 2.24 bits per heavy atom. The summed E-state index contributed by atoms with van der Waals surface area (Å²) in [5, 5.41) is 15.0. The molecule has 1 aromatic carbocycles. The van der Waals surface area contributed by atoms with Gasteiger partial charge in [0.25, 0.3) is 0 Å². The number of hydrogen-bond donors (Lipinski definition) is 1. The van der Waals surface area contributed by atoms with E-state index in [0.717, 1.165) is 17.8 Å². The Morgan fingerprint density at radius 3 is 2.94 bits per heavy atom. The van der Waals surface area contributed by atoms with Crippen LogP contribution in [0.3, 0.4) is 0 Å². The van der Waals surface area contributed by atoms with Crippen LogP contribution in [0.25, 0.3) is 0 Å². The molecule has 0 amide bonds. The van der Waals surface area contributed by atoms with Crippen molar-refractivity contribution in [1.82, 2.24) is 9.78 Å². The molecule has 0 saturated carbocycles. The van der Waals surface area contributed by atoms with E-state index in [2.05, 4.69) is 5.10 Å². The highest BCUT2D eigenvalue weighted by molar-refractivity contribution is 6.30. The van der Waals surface area contributed by atoms with Crippen molar-refractivity contribution in [2.24, 2.45) is 0 Å². The van der Waals surface area contributed by atoms with E-state index in [4.69, 9.17) is 11.6 Å². The van der Waals surface area contributed by atoms with Crippen LogP contribution in [0.15, 0.2) is 36.5 Å². The zero-order valence-electron chi connectivity index (χ0n) is 9.68. The molecule has 1 N–H and O–H groups in total. The monoisotopic (exact) mass is 250 g/mol. The van der Waals surface area contributed by atoms with Crippen molar-refractivity contribution in [2.45, 2.75) is 26.0 Å². The first-order chi connectivity index (χ1) is 8.20. The van der Waals surface area contributed by atoms with Gasteiger partial charge in [0, 0.05) is 24.2 Å². The van der Waals surface area contributed by atoms with Crippen LogP contribution in [-0.2, 0) is 13.0 Å². The second-order valence-corrected chi connectivity index (χ2v) is 4.36. The Bertz CT molecular complexity index is 496. The third-order valence-corrected chi connectivity index (χ3v) is 2.94. The number of aliphatic hydroxyl groups is 1. The number of nitrogens with zero attached hydrogens (tertiary/aromatic N) is 2. The minimum absolute atomic E-state index is 0.545. The van der Waals surface area contributed by atoms with E-state index in [-0.39, 0.29) is 0 Å². The Hall–Kier alpha value is -1.32. The largest absolute Gasteiger partial charge is 0.386 e. The molecule has 0 spiro atoms. The Morgan fingerprint density at radius 1 is 1.41 bits per heavy atom. The summed E-state index contributed by atoms with van der Waals surface area (Å²) in [6, 6.07) is 9.40. The second kappa shape index (κ2) is 5.34. The van der Waals surface area contributed by atoms with Gasteiger partial charge in [-0.15, -0.1) is 0 Å². The maximum absolute atomic E-state index is 10.2. The first kappa shape index (κ1) is 12.1. The summed E-state index contributed by atoms with van der Waals surface area (Å²) in [4.78, 5) is 0. The van der Waals surface area contributed by atoms with E-state index in [9.17, 15) is 5.11 Å². The van der Waals surface area contributed by atoms with E-state index in [1.54, 1.807) is 10.9 Å². The topological polar surface area (TPSA) is 38.0 Å². The van der Waals surface area contributed by atoms with Crippen molar-refractivity contribution in [3.05, 3.63) is 52.8 Å². The predicted octanol–water partition coefficient (Wildman–Crippen LogP) is 2.83. The fourth-order valence-corrected chi connectivity index (χ4v) is 2.09. The quantitative estimate of drug-likeness (QED) is 0.906. The van der Waals surface area contributed by atoms with Crippen molar-refractivity contribution in [3.8, 4) is 0 Å². The summed E-state index contributed by atoms with van der Waals surface area (Å²) in [5.74, 6) is 0. The molecule has 1 unspecified atom stereocenters.